The number of allylic oxidation sites excluding steroid dienone is 1. The third-order valence-corrected chi connectivity index (χ3v) is 3.80. The molecule has 0 rings (SSSR count). The molecule has 0 unspecified atom stereocenters. The Bertz CT molecular complexity index is 117. The van der Waals surface area contributed by atoms with Gasteiger partial charge in [0.1, 0.15) is 0 Å². The highest BCUT2D eigenvalue weighted by Gasteiger charge is 1.93. The Morgan fingerprint density at radius 3 is 2.55 bits per heavy atom. The third kappa shape index (κ3) is 7.82. The number of rotatable bonds is 5. The van der Waals surface area contributed by atoms with Crippen molar-refractivity contribution >= 4 is 9.52 Å². The fraction of sp³-hybridized carbons (Fsp3) is 0.778. The van der Waals surface area contributed by atoms with Crippen molar-refractivity contribution in [2.24, 2.45) is 0 Å². The minimum absolute atomic E-state index is 0.0600. The zero-order valence-corrected chi connectivity index (χ0v) is 9.77. The molecule has 0 saturated carbocycles. The molecule has 0 heterocycles. The maximum absolute atomic E-state index is 2.44. The standard InChI is InChI=1S/C9H21NSi/c1-5-6-10(4)8-11-7-9(2)3/h7H,5-6,8,11H2,1-4H3. The van der Waals surface area contributed by atoms with E-state index >= 15 is 0 Å². The molecule has 66 valence electrons. The van der Waals surface area contributed by atoms with Gasteiger partial charge in [0.15, 0.2) is 0 Å². The zero-order valence-electron chi connectivity index (χ0n) is 8.35. The molecule has 0 bridgehead atoms. The molecule has 0 aromatic rings. The SMILES string of the molecule is CCCN(C)C[SiH2]C=C(C)C. The highest BCUT2D eigenvalue weighted by Crippen LogP contribution is 1.88. The molecule has 0 fully saturated rings. The van der Waals surface area contributed by atoms with E-state index in [-0.39, 0.29) is 9.52 Å². The summed E-state index contributed by atoms with van der Waals surface area (Å²) in [4.78, 5) is 2.44. The van der Waals surface area contributed by atoms with E-state index in [9.17, 15) is 0 Å². The summed E-state index contributed by atoms with van der Waals surface area (Å²) in [6, 6.07) is 0. The van der Waals surface area contributed by atoms with Crippen LogP contribution in [0, 0.1) is 0 Å². The largest absolute Gasteiger partial charge is 0.309 e. The normalized spacial score (nSPS) is 11.4. The molecule has 0 amide bonds. The van der Waals surface area contributed by atoms with Crippen molar-refractivity contribution in [3.63, 3.8) is 0 Å². The molecule has 0 aromatic heterocycles. The van der Waals surface area contributed by atoms with E-state index < -0.39 is 0 Å². The van der Waals surface area contributed by atoms with Gasteiger partial charge in [-0.15, -0.1) is 5.70 Å². The van der Waals surface area contributed by atoms with Gasteiger partial charge in [0, 0.05) is 0 Å². The first-order valence-electron chi connectivity index (χ1n) is 4.48. The monoisotopic (exact) mass is 171 g/mol. The predicted molar refractivity (Wildman–Crippen MR) is 55.8 cm³/mol. The average molecular weight is 171 g/mol. The predicted octanol–water partition coefficient (Wildman–Crippen LogP) is 1.38. The van der Waals surface area contributed by atoms with Crippen LogP contribution < -0.4 is 0 Å². The van der Waals surface area contributed by atoms with Crippen LogP contribution in [-0.2, 0) is 0 Å². The van der Waals surface area contributed by atoms with Crippen LogP contribution in [0.15, 0.2) is 11.3 Å². The summed E-state index contributed by atoms with van der Waals surface area (Å²) in [6.45, 7) is 7.86. The van der Waals surface area contributed by atoms with Crippen molar-refractivity contribution < 1.29 is 0 Å². The van der Waals surface area contributed by atoms with E-state index in [0.29, 0.717) is 0 Å². The second-order valence-electron chi connectivity index (χ2n) is 3.37. The van der Waals surface area contributed by atoms with Crippen LogP contribution in [0.4, 0.5) is 0 Å². The number of nitrogens with zero attached hydrogens (tertiary/aromatic N) is 1. The van der Waals surface area contributed by atoms with Gasteiger partial charge < -0.3 is 4.90 Å². The maximum Gasteiger partial charge on any atom is 0.0611 e. The van der Waals surface area contributed by atoms with Crippen LogP contribution in [0.5, 0.6) is 0 Å². The molecule has 0 atom stereocenters. The van der Waals surface area contributed by atoms with E-state index in [0.717, 1.165) is 0 Å². The summed E-state index contributed by atoms with van der Waals surface area (Å²) >= 11 is 0. The van der Waals surface area contributed by atoms with Gasteiger partial charge >= 0.3 is 0 Å². The lowest BCUT2D eigenvalue weighted by molar-refractivity contribution is 0.387. The minimum Gasteiger partial charge on any atom is -0.309 e. The maximum atomic E-state index is 2.44. The summed E-state index contributed by atoms with van der Waals surface area (Å²) in [5, 5.41) is 0. The lowest BCUT2D eigenvalue weighted by atomic mass is 10.4. The van der Waals surface area contributed by atoms with Crippen LogP contribution in [0.3, 0.4) is 0 Å². The van der Waals surface area contributed by atoms with Crippen molar-refractivity contribution in [3.05, 3.63) is 11.3 Å². The fourth-order valence-electron chi connectivity index (χ4n) is 1.07. The summed E-state index contributed by atoms with van der Waals surface area (Å²) in [5.41, 5.74) is 3.92. The topological polar surface area (TPSA) is 3.24 Å². The van der Waals surface area contributed by atoms with Gasteiger partial charge in [-0.2, -0.15) is 0 Å². The molecule has 0 aromatic carbocycles. The van der Waals surface area contributed by atoms with Gasteiger partial charge in [0.2, 0.25) is 0 Å². The van der Waals surface area contributed by atoms with Gasteiger partial charge in [-0.25, -0.2) is 0 Å². The van der Waals surface area contributed by atoms with Gasteiger partial charge in [0.25, 0.3) is 0 Å². The van der Waals surface area contributed by atoms with Gasteiger partial charge in [-0.05, 0) is 40.0 Å². The quantitative estimate of drug-likeness (QED) is 0.565. The molecule has 0 saturated heterocycles. The van der Waals surface area contributed by atoms with E-state index in [2.05, 4.69) is 38.4 Å². The summed E-state index contributed by atoms with van der Waals surface area (Å²) in [5.74, 6) is 0. The van der Waals surface area contributed by atoms with E-state index in [1.54, 1.807) is 0 Å². The molecular formula is C9H21NSi. The smallest absolute Gasteiger partial charge is 0.0611 e. The Kier molecular flexibility index (Phi) is 6.57. The zero-order chi connectivity index (χ0) is 8.69. The van der Waals surface area contributed by atoms with Crippen molar-refractivity contribution in [1.29, 1.82) is 0 Å². The Hall–Kier alpha value is -0.0831. The molecular weight excluding hydrogens is 150 g/mol. The molecule has 1 nitrogen and oxygen atoms in total. The first-order chi connectivity index (χ1) is 5.16. The van der Waals surface area contributed by atoms with Crippen molar-refractivity contribution in [3.8, 4) is 0 Å². The van der Waals surface area contributed by atoms with Crippen molar-refractivity contribution in [1.82, 2.24) is 4.90 Å². The number of hydrogen-bond donors (Lipinski definition) is 0. The van der Waals surface area contributed by atoms with E-state index in [4.69, 9.17) is 0 Å². The molecule has 0 aliphatic carbocycles. The molecule has 2 heteroatoms. The Labute approximate surface area is 73.3 Å². The minimum atomic E-state index is 0.0600. The van der Waals surface area contributed by atoms with Crippen LogP contribution in [0.2, 0.25) is 0 Å². The first kappa shape index (κ1) is 10.9. The van der Waals surface area contributed by atoms with E-state index in [1.165, 1.54) is 24.7 Å². The van der Waals surface area contributed by atoms with Crippen LogP contribution in [-0.4, -0.2) is 34.2 Å². The molecule has 0 N–H and O–H groups in total. The lowest BCUT2D eigenvalue weighted by Gasteiger charge is -2.13. The Morgan fingerprint density at radius 2 is 2.09 bits per heavy atom. The average Bonchev–Trinajstić information content (AvgIpc) is 1.87. The van der Waals surface area contributed by atoms with Crippen LogP contribution in [0.25, 0.3) is 0 Å². The molecule has 0 aliphatic heterocycles. The fourth-order valence-corrected chi connectivity index (χ4v) is 2.44. The Morgan fingerprint density at radius 1 is 1.45 bits per heavy atom. The van der Waals surface area contributed by atoms with E-state index in [1.807, 2.05) is 0 Å². The Balaban J connectivity index is 3.31. The van der Waals surface area contributed by atoms with Crippen LogP contribution in [0.1, 0.15) is 27.2 Å². The first-order valence-corrected chi connectivity index (χ1v) is 6.30. The summed E-state index contributed by atoms with van der Waals surface area (Å²) < 4.78 is 0. The van der Waals surface area contributed by atoms with Gasteiger partial charge in [-0.1, -0.05) is 12.5 Å². The lowest BCUT2D eigenvalue weighted by Crippen LogP contribution is -2.23. The highest BCUT2D eigenvalue weighted by atomic mass is 28.2. The highest BCUT2D eigenvalue weighted by molar-refractivity contribution is 6.42. The van der Waals surface area contributed by atoms with Gasteiger partial charge in [0.05, 0.1) is 9.52 Å². The third-order valence-electron chi connectivity index (χ3n) is 1.67. The molecule has 0 aliphatic rings. The van der Waals surface area contributed by atoms with Gasteiger partial charge in [-0.3, -0.25) is 0 Å². The number of hydrogen-bond acceptors (Lipinski definition) is 1. The summed E-state index contributed by atoms with van der Waals surface area (Å²) in [7, 11) is 2.28. The van der Waals surface area contributed by atoms with Crippen molar-refractivity contribution in [2.45, 2.75) is 27.2 Å². The molecule has 0 spiro atoms. The van der Waals surface area contributed by atoms with Crippen LogP contribution >= 0.6 is 0 Å². The second-order valence-corrected chi connectivity index (χ2v) is 4.81. The second kappa shape index (κ2) is 6.62. The van der Waals surface area contributed by atoms with Crippen molar-refractivity contribution in [2.75, 3.05) is 19.8 Å². The molecule has 0 radical (unpaired) electrons. The summed E-state index contributed by atoms with van der Waals surface area (Å²) in [6.07, 6.45) is 2.61. The molecule has 11 heavy (non-hydrogen) atoms.